The van der Waals surface area contributed by atoms with Gasteiger partial charge in [0.05, 0.1) is 0 Å². The Kier molecular flexibility index (Phi) is 7.02. The van der Waals surface area contributed by atoms with Gasteiger partial charge in [-0.05, 0) is 13.0 Å². The molecule has 6 atom stereocenters. The van der Waals surface area contributed by atoms with Gasteiger partial charge in [0, 0.05) is 6.20 Å². The van der Waals surface area contributed by atoms with Gasteiger partial charge in [-0.3, -0.25) is 9.09 Å². The summed E-state index contributed by atoms with van der Waals surface area (Å²) in [7, 11) is -17.4. The van der Waals surface area contributed by atoms with Crippen molar-refractivity contribution in [2.75, 3.05) is 12.3 Å². The smallest absolute Gasteiger partial charge is 0.383 e. The average molecular weight is 517 g/mol. The number of phosphoric ester groups is 1. The highest BCUT2D eigenvalue weighted by molar-refractivity contribution is 7.66. The van der Waals surface area contributed by atoms with E-state index < -0.39 is 59.6 Å². The molecule has 21 heteroatoms. The molecule has 0 radical (unpaired) electrons. The minimum atomic E-state index is -5.90. The van der Waals surface area contributed by atoms with Gasteiger partial charge in [0.2, 0.25) is 0 Å². The third kappa shape index (κ3) is 6.22. The van der Waals surface area contributed by atoms with E-state index in [1.165, 1.54) is 0 Å². The molecule has 7 N–H and O–H groups in total. The first-order valence-corrected chi connectivity index (χ1v) is 12.2. The van der Waals surface area contributed by atoms with Crippen LogP contribution in [0.25, 0.3) is 0 Å². The van der Waals surface area contributed by atoms with Crippen molar-refractivity contribution in [2.24, 2.45) is 0 Å². The van der Waals surface area contributed by atoms with Crippen molar-refractivity contribution in [3.05, 3.63) is 22.7 Å². The van der Waals surface area contributed by atoms with Crippen molar-refractivity contribution in [1.82, 2.24) is 9.55 Å². The van der Waals surface area contributed by atoms with Crippen LogP contribution in [0.2, 0.25) is 0 Å². The topological polar surface area (TPSA) is 250 Å². The molecule has 0 bridgehead atoms. The number of ether oxygens (including phenoxy) is 1. The number of hydrogen-bond acceptors (Lipinski definition) is 11. The van der Waals surface area contributed by atoms with Crippen LogP contribution in [-0.2, 0) is 31.6 Å². The number of alkyl halides is 2. The molecule has 0 spiro atoms. The van der Waals surface area contributed by atoms with Crippen molar-refractivity contribution in [2.45, 2.75) is 30.8 Å². The number of nitrogens with zero attached hydrogens (tertiary/aromatic N) is 2. The maximum atomic E-state index is 15.0. The SMILES string of the molecule is C[C@]1(O)[C@H](n2ccc(N)nc2=O)O[C@](F)(COP(=O)(O)OP(=O)(O)OP(=O)(O)O)[C@H]1F. The van der Waals surface area contributed by atoms with Gasteiger partial charge in [0.1, 0.15) is 18.0 Å². The second kappa shape index (κ2) is 8.33. The Hall–Kier alpha value is -1.13. The zero-order valence-corrected chi connectivity index (χ0v) is 17.8. The zero-order chi connectivity index (χ0) is 24.0. The van der Waals surface area contributed by atoms with Crippen molar-refractivity contribution in [3.8, 4) is 0 Å². The largest absolute Gasteiger partial charge is 0.490 e. The first kappa shape index (κ1) is 26.1. The fourth-order valence-electron chi connectivity index (χ4n) is 2.45. The number of hydrogen-bond donors (Lipinski definition) is 6. The van der Waals surface area contributed by atoms with Crippen LogP contribution in [0.1, 0.15) is 13.2 Å². The van der Waals surface area contributed by atoms with Crippen LogP contribution >= 0.6 is 23.5 Å². The summed E-state index contributed by atoms with van der Waals surface area (Å²) >= 11 is 0. The molecular weight excluding hydrogens is 501 g/mol. The van der Waals surface area contributed by atoms with Crippen LogP contribution in [0.3, 0.4) is 0 Å². The summed E-state index contributed by atoms with van der Waals surface area (Å²) in [5, 5.41) is 10.3. The lowest BCUT2D eigenvalue weighted by molar-refractivity contribution is -0.195. The number of aromatic nitrogens is 2. The van der Waals surface area contributed by atoms with Crippen LogP contribution in [0.4, 0.5) is 14.6 Å². The summed E-state index contributed by atoms with van der Waals surface area (Å²) in [6, 6.07) is 1.04. The van der Waals surface area contributed by atoms with Gasteiger partial charge < -0.3 is 35.2 Å². The van der Waals surface area contributed by atoms with Gasteiger partial charge in [-0.15, -0.1) is 0 Å². The highest BCUT2D eigenvalue weighted by Crippen LogP contribution is 2.66. The third-order valence-electron chi connectivity index (χ3n) is 3.64. The number of halogens is 2. The molecule has 1 aliphatic rings. The van der Waals surface area contributed by atoms with Crippen LogP contribution in [0.15, 0.2) is 17.1 Å². The normalized spacial score (nSPS) is 33.0. The molecule has 1 saturated heterocycles. The lowest BCUT2D eigenvalue weighted by atomic mass is 9.97. The minimum Gasteiger partial charge on any atom is -0.383 e. The highest BCUT2D eigenvalue weighted by Gasteiger charge is 2.65. The summed E-state index contributed by atoms with van der Waals surface area (Å²) in [5.74, 6) is -3.98. The summed E-state index contributed by atoms with van der Waals surface area (Å²) in [6.07, 6.45) is -4.20. The molecule has 1 aromatic heterocycles. The number of nitrogens with two attached hydrogens (primary N) is 1. The lowest BCUT2D eigenvalue weighted by Crippen LogP contribution is -2.47. The Labute approximate surface area is 170 Å². The molecule has 0 aliphatic carbocycles. The quantitative estimate of drug-likeness (QED) is 0.237. The molecule has 2 rings (SSSR count). The second-order valence-corrected chi connectivity index (χ2v) is 10.7. The first-order valence-electron chi connectivity index (χ1n) is 7.64. The van der Waals surface area contributed by atoms with Crippen molar-refractivity contribution in [1.29, 1.82) is 0 Å². The predicted octanol–water partition coefficient (Wildman–Crippen LogP) is -0.547. The van der Waals surface area contributed by atoms with E-state index in [2.05, 4.69) is 22.9 Å². The molecule has 0 saturated carbocycles. The molecule has 0 amide bonds. The molecule has 16 nitrogen and oxygen atoms in total. The van der Waals surface area contributed by atoms with Crippen LogP contribution in [0, 0.1) is 0 Å². The molecule has 0 aromatic carbocycles. The Bertz CT molecular complexity index is 1050. The Morgan fingerprint density at radius 3 is 2.35 bits per heavy atom. The van der Waals surface area contributed by atoms with Gasteiger partial charge in [-0.25, -0.2) is 27.3 Å². The van der Waals surface area contributed by atoms with E-state index >= 15 is 0 Å². The molecule has 1 aliphatic heterocycles. The molecule has 2 heterocycles. The summed E-state index contributed by atoms with van der Waals surface area (Å²) in [4.78, 5) is 50.4. The highest BCUT2D eigenvalue weighted by atomic mass is 31.3. The van der Waals surface area contributed by atoms with E-state index in [1.54, 1.807) is 0 Å². The van der Waals surface area contributed by atoms with Crippen LogP contribution < -0.4 is 11.4 Å². The molecule has 1 aromatic rings. The van der Waals surface area contributed by atoms with E-state index in [0.717, 1.165) is 19.2 Å². The van der Waals surface area contributed by atoms with E-state index in [-0.39, 0.29) is 5.82 Å². The first-order chi connectivity index (χ1) is 13.8. The molecule has 2 unspecified atom stereocenters. The van der Waals surface area contributed by atoms with Gasteiger partial charge >= 0.3 is 29.2 Å². The monoisotopic (exact) mass is 517 g/mol. The number of nitrogen functional groups attached to an aromatic ring is 1. The second-order valence-electron chi connectivity index (χ2n) is 6.25. The maximum absolute atomic E-state index is 15.0. The minimum absolute atomic E-state index is 0.255. The maximum Gasteiger partial charge on any atom is 0.490 e. The van der Waals surface area contributed by atoms with Gasteiger partial charge in [-0.1, -0.05) is 0 Å². The van der Waals surface area contributed by atoms with Crippen molar-refractivity contribution < 1.29 is 65.0 Å². The molecule has 31 heavy (non-hydrogen) atoms. The van der Waals surface area contributed by atoms with E-state index in [9.17, 15) is 37.3 Å². The van der Waals surface area contributed by atoms with E-state index in [1.807, 2.05) is 0 Å². The molecule has 178 valence electrons. The van der Waals surface area contributed by atoms with Crippen LogP contribution in [0.5, 0.6) is 0 Å². The van der Waals surface area contributed by atoms with Gasteiger partial charge in [0.25, 0.3) is 5.85 Å². The summed E-state index contributed by atoms with van der Waals surface area (Å²) in [6.45, 7) is -1.14. The number of phosphoric acid groups is 3. The number of aliphatic hydroxyl groups is 1. The molecule has 1 fully saturated rings. The Morgan fingerprint density at radius 2 is 1.84 bits per heavy atom. The summed E-state index contributed by atoms with van der Waals surface area (Å²) in [5.41, 5.74) is 1.35. The van der Waals surface area contributed by atoms with Crippen molar-refractivity contribution in [3.63, 3.8) is 0 Å². The predicted molar refractivity (Wildman–Crippen MR) is 92.2 cm³/mol. The van der Waals surface area contributed by atoms with Gasteiger partial charge in [0.15, 0.2) is 12.4 Å². The van der Waals surface area contributed by atoms with Gasteiger partial charge in [-0.2, -0.15) is 13.6 Å². The number of anilines is 1. The van der Waals surface area contributed by atoms with Crippen molar-refractivity contribution >= 4 is 29.3 Å². The Morgan fingerprint density at radius 1 is 1.26 bits per heavy atom. The van der Waals surface area contributed by atoms with E-state index in [0.29, 0.717) is 4.57 Å². The van der Waals surface area contributed by atoms with Crippen LogP contribution in [-0.4, -0.2) is 58.5 Å². The lowest BCUT2D eigenvalue weighted by Gasteiger charge is -2.26. The third-order valence-corrected chi connectivity index (χ3v) is 7.43. The number of rotatable bonds is 8. The van der Waals surface area contributed by atoms with E-state index in [4.69, 9.17) is 20.4 Å². The standard InChI is InChI=1S/C10H16F2N3O13P3/c1-9(17)6(11)10(12,26-7(9)15-3-2-5(13)14-8(15)16)4-25-30(21,22)28-31(23,24)27-29(18,19)20/h2-3,6-7,17H,4H2,1H3,(H,21,22)(H,23,24)(H2,13,14,16)(H2,18,19,20)/t6-,7+,9+,10+/m0/s1. The summed E-state index contributed by atoms with van der Waals surface area (Å²) < 4.78 is 79.0. The zero-order valence-electron chi connectivity index (χ0n) is 15.1. The molecular formula is C10H16F2N3O13P3. The fraction of sp³-hybridized carbons (Fsp3) is 0.600. The average Bonchev–Trinajstić information content (AvgIpc) is 2.71. The Balaban J connectivity index is 2.21. The fourth-order valence-corrected chi connectivity index (χ4v) is 5.48.